The Balaban J connectivity index is 1.72. The van der Waals surface area contributed by atoms with Gasteiger partial charge in [0.15, 0.2) is 5.13 Å². The van der Waals surface area contributed by atoms with E-state index < -0.39 is 0 Å². The molecule has 0 saturated carbocycles. The van der Waals surface area contributed by atoms with Gasteiger partial charge in [0.05, 0.1) is 9.58 Å². The minimum atomic E-state index is 0.0403. The number of amides is 1. The van der Waals surface area contributed by atoms with Gasteiger partial charge in [-0.15, -0.1) is 11.3 Å². The summed E-state index contributed by atoms with van der Waals surface area (Å²) >= 11 is 3.10. The van der Waals surface area contributed by atoms with Crippen LogP contribution in [0.3, 0.4) is 0 Å². The second-order valence-corrected chi connectivity index (χ2v) is 7.21. The van der Waals surface area contributed by atoms with Gasteiger partial charge in [0.25, 0.3) is 5.91 Å². The zero-order chi connectivity index (χ0) is 14.1. The third-order valence-electron chi connectivity index (χ3n) is 3.36. The first-order valence-electron chi connectivity index (χ1n) is 6.73. The molecule has 1 saturated heterocycles. The predicted molar refractivity (Wildman–Crippen MR) is 85.2 cm³/mol. The molecule has 0 atom stereocenters. The van der Waals surface area contributed by atoms with E-state index in [1.54, 1.807) is 11.3 Å². The summed E-state index contributed by atoms with van der Waals surface area (Å²) in [4.78, 5) is 20.5. The number of carbonyl (C=O) groups excluding carboxylic acids is 1. The van der Waals surface area contributed by atoms with E-state index in [-0.39, 0.29) is 5.91 Å². The molecular formula is C13H18N4OS2. The van der Waals surface area contributed by atoms with Crippen LogP contribution in [-0.4, -0.2) is 44.1 Å². The minimum absolute atomic E-state index is 0.0403. The van der Waals surface area contributed by atoms with Gasteiger partial charge in [0.2, 0.25) is 0 Å². The number of hydrogen-bond acceptors (Lipinski definition) is 6. The summed E-state index contributed by atoms with van der Waals surface area (Å²) in [5, 5.41) is 7.40. The van der Waals surface area contributed by atoms with E-state index in [0.29, 0.717) is 6.04 Å². The number of anilines is 1. The summed E-state index contributed by atoms with van der Waals surface area (Å²) in [7, 11) is 3.96. The summed E-state index contributed by atoms with van der Waals surface area (Å²) in [5.41, 5.74) is 0. The van der Waals surface area contributed by atoms with Crippen molar-refractivity contribution >= 4 is 43.2 Å². The molecule has 1 fully saturated rings. The van der Waals surface area contributed by atoms with Crippen molar-refractivity contribution in [1.29, 1.82) is 0 Å². The van der Waals surface area contributed by atoms with E-state index in [9.17, 15) is 4.79 Å². The molecule has 3 rings (SSSR count). The zero-order valence-electron chi connectivity index (χ0n) is 11.6. The maximum atomic E-state index is 12.2. The molecule has 0 aromatic carbocycles. The Hall–Kier alpha value is -1.18. The smallest absolute Gasteiger partial charge is 0.261 e. The Morgan fingerprint density at radius 3 is 2.80 bits per heavy atom. The summed E-state index contributed by atoms with van der Waals surface area (Å²) in [6, 6.07) is 2.26. The first-order chi connectivity index (χ1) is 9.63. The van der Waals surface area contributed by atoms with Crippen LogP contribution in [0.4, 0.5) is 5.13 Å². The highest BCUT2D eigenvalue weighted by Gasteiger charge is 2.19. The first kappa shape index (κ1) is 13.8. The van der Waals surface area contributed by atoms with Crippen LogP contribution in [0.5, 0.6) is 0 Å². The number of thiophene rings is 1. The Bertz CT molecular complexity index is 581. The number of thiazole rings is 1. The minimum Gasteiger partial charge on any atom is -0.354 e. The largest absolute Gasteiger partial charge is 0.354 e. The molecule has 2 aromatic rings. The number of nitrogens with zero attached hydrogens (tertiary/aromatic N) is 2. The number of aromatic nitrogens is 1. The van der Waals surface area contributed by atoms with Crippen molar-refractivity contribution in [2.75, 3.05) is 32.1 Å². The topological polar surface area (TPSA) is 57.3 Å². The van der Waals surface area contributed by atoms with Crippen molar-refractivity contribution in [2.45, 2.75) is 18.9 Å². The molecule has 0 unspecified atom stereocenters. The monoisotopic (exact) mass is 310 g/mol. The normalized spacial score (nSPS) is 16.5. The van der Waals surface area contributed by atoms with Gasteiger partial charge in [-0.05, 0) is 32.0 Å². The summed E-state index contributed by atoms with van der Waals surface area (Å²) in [6.45, 7) is 1.97. The van der Waals surface area contributed by atoms with Crippen molar-refractivity contribution < 1.29 is 4.79 Å². The fraction of sp³-hybridized carbons (Fsp3) is 0.538. The van der Waals surface area contributed by atoms with E-state index in [1.165, 1.54) is 11.3 Å². The van der Waals surface area contributed by atoms with Crippen molar-refractivity contribution in [3.05, 3.63) is 10.9 Å². The van der Waals surface area contributed by atoms with Crippen molar-refractivity contribution in [3.8, 4) is 0 Å². The quantitative estimate of drug-likeness (QED) is 0.909. The number of piperidine rings is 1. The van der Waals surface area contributed by atoms with Crippen LogP contribution in [-0.2, 0) is 0 Å². The number of hydrogen-bond donors (Lipinski definition) is 2. The molecule has 5 nitrogen and oxygen atoms in total. The van der Waals surface area contributed by atoms with Gasteiger partial charge < -0.3 is 15.5 Å². The molecule has 1 aliphatic heterocycles. The van der Waals surface area contributed by atoms with Gasteiger partial charge in [-0.1, -0.05) is 11.3 Å². The molecule has 2 aromatic heterocycles. The number of carbonyl (C=O) groups is 1. The van der Waals surface area contributed by atoms with E-state index in [0.717, 1.165) is 45.5 Å². The van der Waals surface area contributed by atoms with Crippen LogP contribution in [0.1, 0.15) is 22.5 Å². The molecule has 1 amide bonds. The lowest BCUT2D eigenvalue weighted by Gasteiger charge is -2.23. The van der Waals surface area contributed by atoms with Crippen LogP contribution in [0.2, 0.25) is 0 Å². The first-order valence-corrected chi connectivity index (χ1v) is 8.36. The van der Waals surface area contributed by atoms with Gasteiger partial charge in [0, 0.05) is 20.1 Å². The Morgan fingerprint density at radius 2 is 2.15 bits per heavy atom. The third kappa shape index (κ3) is 2.79. The second kappa shape index (κ2) is 5.67. The zero-order valence-corrected chi connectivity index (χ0v) is 13.2. The van der Waals surface area contributed by atoms with Crippen LogP contribution in [0, 0.1) is 0 Å². The van der Waals surface area contributed by atoms with Gasteiger partial charge >= 0.3 is 0 Å². The molecule has 7 heteroatoms. The highest BCUT2D eigenvalue weighted by molar-refractivity contribution is 7.29. The van der Waals surface area contributed by atoms with Gasteiger partial charge in [-0.25, -0.2) is 4.98 Å². The molecule has 20 heavy (non-hydrogen) atoms. The van der Waals surface area contributed by atoms with Gasteiger partial charge in [-0.2, -0.15) is 0 Å². The molecule has 0 aliphatic carbocycles. The fourth-order valence-electron chi connectivity index (χ4n) is 2.25. The van der Waals surface area contributed by atoms with Crippen LogP contribution >= 0.6 is 22.7 Å². The lowest BCUT2D eigenvalue weighted by Crippen LogP contribution is -2.42. The fourth-order valence-corrected chi connectivity index (χ4v) is 4.29. The maximum Gasteiger partial charge on any atom is 0.261 e. The SMILES string of the molecule is CN(C)c1nc2sc(C(=O)NC3CCNCC3)cc2s1. The number of rotatable bonds is 3. The standard InChI is InChI=1S/C13H18N4OS2/c1-17(2)13-16-12-10(20-13)7-9(19-12)11(18)15-8-3-5-14-6-4-8/h7-8,14H,3-6H2,1-2H3,(H,15,18). The molecule has 3 heterocycles. The summed E-state index contributed by atoms with van der Waals surface area (Å²) in [5.74, 6) is 0.0403. The summed E-state index contributed by atoms with van der Waals surface area (Å²) in [6.07, 6.45) is 2.02. The second-order valence-electron chi connectivity index (χ2n) is 5.17. The van der Waals surface area contributed by atoms with Crippen molar-refractivity contribution in [2.24, 2.45) is 0 Å². The van der Waals surface area contributed by atoms with Crippen LogP contribution < -0.4 is 15.5 Å². The predicted octanol–water partition coefficient (Wildman–Crippen LogP) is 1.91. The molecule has 0 spiro atoms. The molecule has 2 N–H and O–H groups in total. The van der Waals surface area contributed by atoms with E-state index in [2.05, 4.69) is 15.6 Å². The highest BCUT2D eigenvalue weighted by Crippen LogP contribution is 2.33. The average molecular weight is 310 g/mol. The van der Waals surface area contributed by atoms with Crippen molar-refractivity contribution in [1.82, 2.24) is 15.6 Å². The third-order valence-corrected chi connectivity index (χ3v) is 5.69. The lowest BCUT2D eigenvalue weighted by atomic mass is 10.1. The lowest BCUT2D eigenvalue weighted by molar-refractivity contribution is 0.0934. The van der Waals surface area contributed by atoms with E-state index in [1.807, 2.05) is 25.1 Å². The van der Waals surface area contributed by atoms with Crippen molar-refractivity contribution in [3.63, 3.8) is 0 Å². The highest BCUT2D eigenvalue weighted by atomic mass is 32.1. The Morgan fingerprint density at radius 1 is 1.40 bits per heavy atom. The van der Waals surface area contributed by atoms with Crippen LogP contribution in [0.25, 0.3) is 9.53 Å². The van der Waals surface area contributed by atoms with Gasteiger partial charge in [-0.3, -0.25) is 4.79 Å². The summed E-state index contributed by atoms with van der Waals surface area (Å²) < 4.78 is 1.09. The maximum absolute atomic E-state index is 12.2. The molecular weight excluding hydrogens is 292 g/mol. The molecule has 0 radical (unpaired) electrons. The number of nitrogens with one attached hydrogen (secondary N) is 2. The average Bonchev–Trinajstić information content (AvgIpc) is 2.97. The Kier molecular flexibility index (Phi) is 3.91. The molecule has 0 bridgehead atoms. The number of fused-ring (bicyclic) bond motifs is 1. The Labute approximate surface area is 126 Å². The van der Waals surface area contributed by atoms with E-state index >= 15 is 0 Å². The molecule has 1 aliphatic rings. The van der Waals surface area contributed by atoms with Gasteiger partial charge in [0.1, 0.15) is 4.83 Å². The van der Waals surface area contributed by atoms with Crippen LogP contribution in [0.15, 0.2) is 6.07 Å². The molecule has 108 valence electrons. The van der Waals surface area contributed by atoms with E-state index in [4.69, 9.17) is 0 Å².